The second-order valence-electron chi connectivity index (χ2n) is 10.3. The van der Waals surface area contributed by atoms with Gasteiger partial charge in [-0.15, -0.1) is 0 Å². The quantitative estimate of drug-likeness (QED) is 0.239. The minimum atomic E-state index is 0.344. The number of rotatable bonds is 5. The zero-order valence-corrected chi connectivity index (χ0v) is 20.8. The van der Waals surface area contributed by atoms with E-state index in [1.807, 2.05) is 0 Å². The summed E-state index contributed by atoms with van der Waals surface area (Å²) in [6, 6.07) is 38.5. The van der Waals surface area contributed by atoms with Crippen molar-refractivity contribution in [2.24, 2.45) is 0 Å². The minimum Gasteiger partial charge on any atom is -0.0654 e. The van der Waals surface area contributed by atoms with Gasteiger partial charge >= 0.3 is 0 Å². The average Bonchev–Trinajstić information content (AvgIpc) is 3.50. The topological polar surface area (TPSA) is 0 Å². The van der Waals surface area contributed by atoms with Crippen LogP contribution >= 0.6 is 0 Å². The number of fused-ring (bicyclic) bond motifs is 5. The molecule has 0 heteroatoms. The molecule has 0 nitrogen and oxygen atoms in total. The van der Waals surface area contributed by atoms with Crippen LogP contribution in [0, 0.1) is 0 Å². The minimum absolute atomic E-state index is 0.344. The first-order valence-corrected chi connectivity index (χ1v) is 13.3. The van der Waals surface area contributed by atoms with E-state index in [1.165, 1.54) is 73.7 Å². The van der Waals surface area contributed by atoms with Crippen LogP contribution in [0.2, 0.25) is 0 Å². The smallest absolute Gasteiger partial charge is 0.0311 e. The summed E-state index contributed by atoms with van der Waals surface area (Å²) in [5.74, 6) is 0.344. The predicted molar refractivity (Wildman–Crippen MR) is 153 cm³/mol. The third-order valence-electron chi connectivity index (χ3n) is 8.23. The molecule has 0 N–H and O–H groups in total. The van der Waals surface area contributed by atoms with Gasteiger partial charge in [0.15, 0.2) is 0 Å². The van der Waals surface area contributed by atoms with Crippen LogP contribution in [0.3, 0.4) is 0 Å². The number of hydrogen-bond donors (Lipinski definition) is 0. The molecule has 0 spiro atoms. The highest BCUT2D eigenvalue weighted by atomic mass is 14.4. The molecule has 2 aliphatic rings. The Morgan fingerprint density at radius 3 is 2.31 bits per heavy atom. The largest absolute Gasteiger partial charge is 0.0654 e. The van der Waals surface area contributed by atoms with Gasteiger partial charge in [0.1, 0.15) is 0 Å². The van der Waals surface area contributed by atoms with Crippen LogP contribution in [0.25, 0.3) is 39.1 Å². The van der Waals surface area contributed by atoms with Gasteiger partial charge in [0.05, 0.1) is 0 Å². The zero-order valence-electron chi connectivity index (χ0n) is 20.8. The maximum atomic E-state index is 2.53. The fraction of sp³-hybridized carbons (Fsp3) is 0.167. The van der Waals surface area contributed by atoms with Crippen LogP contribution in [-0.4, -0.2) is 0 Å². The van der Waals surface area contributed by atoms with Crippen LogP contribution in [-0.2, 0) is 6.42 Å². The Morgan fingerprint density at radius 2 is 1.42 bits per heavy atom. The Labute approximate surface area is 214 Å². The van der Waals surface area contributed by atoms with Crippen molar-refractivity contribution in [1.29, 1.82) is 0 Å². The van der Waals surface area contributed by atoms with Gasteiger partial charge in [-0.2, -0.15) is 0 Å². The van der Waals surface area contributed by atoms with Gasteiger partial charge in [0.25, 0.3) is 0 Å². The van der Waals surface area contributed by atoms with Crippen molar-refractivity contribution in [3.05, 3.63) is 137 Å². The first kappa shape index (κ1) is 21.4. The molecule has 1 unspecified atom stereocenters. The van der Waals surface area contributed by atoms with Crippen molar-refractivity contribution in [2.45, 2.75) is 38.5 Å². The van der Waals surface area contributed by atoms with Crippen LogP contribution in [0.15, 0.2) is 109 Å². The van der Waals surface area contributed by atoms with E-state index in [0.29, 0.717) is 5.92 Å². The van der Waals surface area contributed by atoms with E-state index in [4.69, 9.17) is 0 Å². The fourth-order valence-electron chi connectivity index (χ4n) is 6.49. The maximum Gasteiger partial charge on any atom is 0.0311 e. The lowest BCUT2D eigenvalue weighted by molar-refractivity contribution is 0.753. The average molecular weight is 463 g/mol. The van der Waals surface area contributed by atoms with Gasteiger partial charge in [0.2, 0.25) is 0 Å². The molecule has 0 heterocycles. The summed E-state index contributed by atoms with van der Waals surface area (Å²) < 4.78 is 0. The number of allylic oxidation sites excluding steroid dienone is 1. The van der Waals surface area contributed by atoms with Crippen LogP contribution < -0.4 is 0 Å². The molecule has 2 aliphatic carbocycles. The lowest BCUT2D eigenvalue weighted by Crippen LogP contribution is -2.05. The van der Waals surface area contributed by atoms with Gasteiger partial charge in [-0.1, -0.05) is 122 Å². The Morgan fingerprint density at radius 1 is 0.667 bits per heavy atom. The third-order valence-corrected chi connectivity index (χ3v) is 8.23. The van der Waals surface area contributed by atoms with E-state index in [0.717, 1.165) is 12.8 Å². The van der Waals surface area contributed by atoms with E-state index in [1.54, 1.807) is 5.57 Å². The van der Waals surface area contributed by atoms with Crippen molar-refractivity contribution in [3.63, 3.8) is 0 Å². The summed E-state index contributed by atoms with van der Waals surface area (Å²) >= 11 is 0. The molecule has 0 saturated carbocycles. The lowest BCUT2D eigenvalue weighted by Gasteiger charge is -2.21. The molecule has 0 bridgehead atoms. The first-order valence-electron chi connectivity index (χ1n) is 13.3. The Balaban J connectivity index is 1.39. The highest BCUT2D eigenvalue weighted by molar-refractivity contribution is 5.91. The molecular formula is C36H30. The number of benzene rings is 5. The molecule has 7 rings (SSSR count). The van der Waals surface area contributed by atoms with Crippen molar-refractivity contribution < 1.29 is 0 Å². The van der Waals surface area contributed by atoms with Gasteiger partial charge in [0, 0.05) is 5.92 Å². The van der Waals surface area contributed by atoms with Gasteiger partial charge < -0.3 is 0 Å². The summed E-state index contributed by atoms with van der Waals surface area (Å²) in [4.78, 5) is 0. The molecule has 0 aliphatic heterocycles. The molecule has 0 aromatic heterocycles. The normalized spacial score (nSPS) is 15.5. The maximum absolute atomic E-state index is 2.53. The van der Waals surface area contributed by atoms with E-state index in [-0.39, 0.29) is 0 Å². The summed E-state index contributed by atoms with van der Waals surface area (Å²) in [6.45, 7) is 2.30. The van der Waals surface area contributed by atoms with Crippen molar-refractivity contribution in [1.82, 2.24) is 0 Å². The van der Waals surface area contributed by atoms with E-state index in [2.05, 4.69) is 116 Å². The molecule has 1 atom stereocenters. The third kappa shape index (κ3) is 3.36. The Hall–Kier alpha value is -3.90. The molecule has 5 aromatic carbocycles. The van der Waals surface area contributed by atoms with E-state index in [9.17, 15) is 0 Å². The molecule has 0 fully saturated rings. The molecular weight excluding hydrogens is 432 g/mol. The molecule has 0 amide bonds. The molecule has 0 radical (unpaired) electrons. The zero-order chi connectivity index (χ0) is 24.1. The number of hydrogen-bond acceptors (Lipinski definition) is 0. The molecule has 5 aromatic rings. The number of unbranched alkanes of at least 4 members (excludes halogenated alkanes) is 1. The van der Waals surface area contributed by atoms with Crippen LogP contribution in [0.4, 0.5) is 0 Å². The SMILES string of the molecule is CCCCC1=Cc2c(-c3ccc4ccccc4c3)cccc2C1c1cccc2c1Cc1ccccc1-2. The lowest BCUT2D eigenvalue weighted by atomic mass is 9.82. The van der Waals surface area contributed by atoms with Crippen LogP contribution in [0.1, 0.15) is 59.9 Å². The predicted octanol–water partition coefficient (Wildman–Crippen LogP) is 9.80. The summed E-state index contributed by atoms with van der Waals surface area (Å²) in [5, 5.41) is 2.60. The fourth-order valence-corrected chi connectivity index (χ4v) is 6.49. The standard InChI is InChI=1S/C36H30/c1-2-3-10-28-23-34-30(27-20-19-24-11-4-5-12-25(24)21-27)15-8-17-32(34)36(28)33-18-9-16-31-29-14-7-6-13-26(29)22-35(31)33/h4-9,11-21,23,36H,2-3,10,22H2,1H3. The van der Waals surface area contributed by atoms with Gasteiger partial charge in [-0.3, -0.25) is 0 Å². The van der Waals surface area contributed by atoms with E-state index < -0.39 is 0 Å². The Bertz CT molecular complexity index is 1650. The highest BCUT2D eigenvalue weighted by Gasteiger charge is 2.32. The molecule has 174 valence electrons. The van der Waals surface area contributed by atoms with Crippen molar-refractivity contribution in [2.75, 3.05) is 0 Å². The first-order chi connectivity index (χ1) is 17.8. The van der Waals surface area contributed by atoms with Crippen LogP contribution in [0.5, 0.6) is 0 Å². The summed E-state index contributed by atoms with van der Waals surface area (Å²) in [5.41, 5.74) is 14.4. The van der Waals surface area contributed by atoms with Gasteiger partial charge in [-0.25, -0.2) is 0 Å². The highest BCUT2D eigenvalue weighted by Crippen LogP contribution is 2.50. The van der Waals surface area contributed by atoms with Gasteiger partial charge in [-0.05, 0) is 86.2 Å². The second-order valence-corrected chi connectivity index (χ2v) is 10.3. The summed E-state index contributed by atoms with van der Waals surface area (Å²) in [7, 11) is 0. The van der Waals surface area contributed by atoms with Crippen molar-refractivity contribution >= 4 is 16.8 Å². The second kappa shape index (κ2) is 8.64. The van der Waals surface area contributed by atoms with E-state index >= 15 is 0 Å². The summed E-state index contributed by atoms with van der Waals surface area (Å²) in [6.07, 6.45) is 7.18. The Kier molecular flexibility index (Phi) is 5.13. The monoisotopic (exact) mass is 462 g/mol. The molecule has 0 saturated heterocycles. The molecule has 36 heavy (non-hydrogen) atoms. The van der Waals surface area contributed by atoms with Crippen molar-refractivity contribution in [3.8, 4) is 22.3 Å².